The zero-order valence-corrected chi connectivity index (χ0v) is 15.6. The second-order valence-corrected chi connectivity index (χ2v) is 6.46. The molecule has 1 amide bonds. The van der Waals surface area contributed by atoms with Crippen LogP contribution in [-0.4, -0.2) is 40.8 Å². The van der Waals surface area contributed by atoms with Gasteiger partial charge in [0.15, 0.2) is 5.75 Å². The number of nitrogens with one attached hydrogen (secondary N) is 1. The number of fused-ring (bicyclic) bond motifs is 1. The van der Waals surface area contributed by atoms with Crippen LogP contribution in [0.3, 0.4) is 0 Å². The molecule has 29 heavy (non-hydrogen) atoms. The summed E-state index contributed by atoms with van der Waals surface area (Å²) >= 11 is 0. The summed E-state index contributed by atoms with van der Waals surface area (Å²) in [5, 5.41) is 22.7. The predicted octanol–water partition coefficient (Wildman–Crippen LogP) is 3.34. The molecule has 8 heteroatoms. The van der Waals surface area contributed by atoms with Crippen molar-refractivity contribution in [2.24, 2.45) is 0 Å². The summed E-state index contributed by atoms with van der Waals surface area (Å²) in [5.74, 6) is -2.51. The van der Waals surface area contributed by atoms with Crippen molar-refractivity contribution in [1.29, 1.82) is 0 Å². The van der Waals surface area contributed by atoms with Gasteiger partial charge < -0.3 is 20.3 Å². The number of aromatic hydroxyl groups is 1. The zero-order chi connectivity index (χ0) is 21.0. The summed E-state index contributed by atoms with van der Waals surface area (Å²) in [6, 6.07) is 8.93. The van der Waals surface area contributed by atoms with Crippen LogP contribution < -0.4 is 5.32 Å². The van der Waals surface area contributed by atoms with Gasteiger partial charge in [-0.2, -0.15) is 0 Å². The van der Waals surface area contributed by atoms with Gasteiger partial charge in [0.1, 0.15) is 16.9 Å². The number of pyridine rings is 1. The van der Waals surface area contributed by atoms with Crippen LogP contribution >= 0.6 is 0 Å². The zero-order valence-electron chi connectivity index (χ0n) is 15.6. The van der Waals surface area contributed by atoms with E-state index in [9.17, 15) is 24.2 Å². The fourth-order valence-electron chi connectivity index (χ4n) is 2.93. The lowest BCUT2D eigenvalue weighted by Crippen LogP contribution is -2.14. The Morgan fingerprint density at radius 3 is 2.55 bits per heavy atom. The summed E-state index contributed by atoms with van der Waals surface area (Å²) in [6.07, 6.45) is 2.04. The number of anilines is 1. The Hall–Kier alpha value is -3.52. The number of carboxylic acid groups (broad SMARTS) is 1. The Labute approximate surface area is 165 Å². The topological polar surface area (TPSA) is 109 Å². The molecule has 0 saturated carbocycles. The highest BCUT2D eigenvalue weighted by Gasteiger charge is 2.19. The third-order valence-electron chi connectivity index (χ3n) is 4.36. The lowest BCUT2D eigenvalue weighted by molar-refractivity contribution is -0.117. The second kappa shape index (κ2) is 8.66. The maximum Gasteiger partial charge on any atom is 0.339 e. The molecule has 0 aliphatic rings. The molecule has 150 valence electrons. The molecule has 1 aromatic heterocycles. The van der Waals surface area contributed by atoms with Crippen LogP contribution in [-0.2, 0) is 16.0 Å². The van der Waals surface area contributed by atoms with E-state index in [1.807, 2.05) is 0 Å². The summed E-state index contributed by atoms with van der Waals surface area (Å²) in [7, 11) is 1.47. The SMILES string of the molecule is COCCC(=O)Nc1cc(C(=O)O)c(O)c2ncc(Cc3ccc(F)cc3)cc12. The highest BCUT2D eigenvalue weighted by Crippen LogP contribution is 2.34. The van der Waals surface area contributed by atoms with Gasteiger partial charge in [-0.1, -0.05) is 12.1 Å². The maximum atomic E-state index is 13.1. The number of aromatic carboxylic acids is 1. The van der Waals surface area contributed by atoms with E-state index in [0.717, 1.165) is 11.1 Å². The first-order valence-corrected chi connectivity index (χ1v) is 8.80. The molecular weight excluding hydrogens is 379 g/mol. The van der Waals surface area contributed by atoms with E-state index in [-0.39, 0.29) is 41.5 Å². The molecule has 0 spiro atoms. The molecule has 3 rings (SSSR count). The van der Waals surface area contributed by atoms with Crippen molar-refractivity contribution < 1.29 is 28.9 Å². The van der Waals surface area contributed by atoms with E-state index in [2.05, 4.69) is 10.3 Å². The molecule has 0 saturated heterocycles. The van der Waals surface area contributed by atoms with Crippen molar-refractivity contribution in [2.75, 3.05) is 19.0 Å². The molecule has 3 N–H and O–H groups in total. The van der Waals surface area contributed by atoms with Crippen molar-refractivity contribution >= 4 is 28.5 Å². The molecule has 0 fully saturated rings. The minimum absolute atomic E-state index is 0.0646. The van der Waals surface area contributed by atoms with Gasteiger partial charge >= 0.3 is 5.97 Å². The molecule has 0 aliphatic heterocycles. The third kappa shape index (κ3) is 4.67. The van der Waals surface area contributed by atoms with Gasteiger partial charge in [-0.3, -0.25) is 9.78 Å². The van der Waals surface area contributed by atoms with Gasteiger partial charge in [0.05, 0.1) is 18.7 Å². The number of rotatable bonds is 7. The number of carbonyl (C=O) groups is 2. The fraction of sp³-hybridized carbons (Fsp3) is 0.190. The molecule has 0 radical (unpaired) electrons. The van der Waals surface area contributed by atoms with Gasteiger partial charge in [-0.25, -0.2) is 9.18 Å². The van der Waals surface area contributed by atoms with Crippen LogP contribution in [0.5, 0.6) is 5.75 Å². The molecule has 0 atom stereocenters. The van der Waals surface area contributed by atoms with Gasteiger partial charge in [0.25, 0.3) is 0 Å². The van der Waals surface area contributed by atoms with Crippen LogP contribution in [0.15, 0.2) is 42.6 Å². The number of aromatic nitrogens is 1. The molecule has 7 nitrogen and oxygen atoms in total. The van der Waals surface area contributed by atoms with Crippen LogP contribution in [0.25, 0.3) is 10.9 Å². The van der Waals surface area contributed by atoms with Crippen molar-refractivity contribution in [1.82, 2.24) is 4.98 Å². The lowest BCUT2D eigenvalue weighted by atomic mass is 10.0. The normalized spacial score (nSPS) is 10.8. The van der Waals surface area contributed by atoms with Gasteiger partial charge in [-0.05, 0) is 41.8 Å². The van der Waals surface area contributed by atoms with Gasteiger partial charge in [0.2, 0.25) is 5.91 Å². The van der Waals surface area contributed by atoms with Crippen molar-refractivity contribution in [3.63, 3.8) is 0 Å². The molecule has 0 unspecified atom stereocenters. The number of ether oxygens (including phenoxy) is 1. The number of amides is 1. The number of carboxylic acids is 1. The van der Waals surface area contributed by atoms with E-state index >= 15 is 0 Å². The highest BCUT2D eigenvalue weighted by molar-refractivity contribution is 6.08. The van der Waals surface area contributed by atoms with E-state index in [1.165, 1.54) is 31.5 Å². The molecule has 2 aromatic carbocycles. The Bertz CT molecular complexity index is 1070. The summed E-state index contributed by atoms with van der Waals surface area (Å²) < 4.78 is 18.0. The average molecular weight is 398 g/mol. The van der Waals surface area contributed by atoms with Crippen molar-refractivity contribution in [3.8, 4) is 5.75 Å². The predicted molar refractivity (Wildman–Crippen MR) is 105 cm³/mol. The first-order valence-electron chi connectivity index (χ1n) is 8.80. The highest BCUT2D eigenvalue weighted by atomic mass is 19.1. The van der Waals surface area contributed by atoms with E-state index in [0.29, 0.717) is 11.8 Å². The van der Waals surface area contributed by atoms with Crippen molar-refractivity contribution in [2.45, 2.75) is 12.8 Å². The number of hydrogen-bond acceptors (Lipinski definition) is 5. The number of nitrogens with zero attached hydrogens (tertiary/aromatic N) is 1. The van der Waals surface area contributed by atoms with Crippen LogP contribution in [0, 0.1) is 5.82 Å². The van der Waals surface area contributed by atoms with Crippen molar-refractivity contribution in [3.05, 3.63) is 65.1 Å². The Morgan fingerprint density at radius 1 is 1.17 bits per heavy atom. The number of hydrogen-bond donors (Lipinski definition) is 3. The maximum absolute atomic E-state index is 13.1. The first kappa shape index (κ1) is 20.2. The Kier molecular flexibility index (Phi) is 6.04. The van der Waals surface area contributed by atoms with E-state index in [1.54, 1.807) is 18.2 Å². The fourth-order valence-corrected chi connectivity index (χ4v) is 2.93. The Balaban J connectivity index is 2.04. The minimum atomic E-state index is -1.34. The second-order valence-electron chi connectivity index (χ2n) is 6.46. The summed E-state index contributed by atoms with van der Waals surface area (Å²) in [6.45, 7) is 0.210. The molecule has 1 heterocycles. The van der Waals surface area contributed by atoms with E-state index in [4.69, 9.17) is 4.74 Å². The minimum Gasteiger partial charge on any atom is -0.505 e. The molecular formula is C21H19FN2O5. The standard InChI is InChI=1S/C21H19FN2O5/c1-29-7-6-18(25)24-17-10-16(21(27)28)20(26)19-15(17)9-13(11-23-19)8-12-2-4-14(22)5-3-12/h2-5,9-11,26H,6-8H2,1H3,(H,24,25)(H,27,28). The molecule has 0 bridgehead atoms. The number of halogens is 1. The number of carbonyl (C=O) groups excluding carboxylic acids is 1. The Morgan fingerprint density at radius 2 is 1.90 bits per heavy atom. The molecule has 0 aliphatic carbocycles. The summed E-state index contributed by atoms with van der Waals surface area (Å²) in [5.41, 5.74) is 1.53. The number of benzene rings is 2. The summed E-state index contributed by atoms with van der Waals surface area (Å²) in [4.78, 5) is 27.8. The van der Waals surface area contributed by atoms with Crippen LogP contribution in [0.4, 0.5) is 10.1 Å². The quantitative estimate of drug-likeness (QED) is 0.527. The van der Waals surface area contributed by atoms with Gasteiger partial charge in [0, 0.05) is 18.7 Å². The average Bonchev–Trinajstić information content (AvgIpc) is 2.70. The number of phenols is 1. The van der Waals surface area contributed by atoms with Crippen LogP contribution in [0.2, 0.25) is 0 Å². The van der Waals surface area contributed by atoms with E-state index < -0.39 is 11.7 Å². The number of methoxy groups -OCH3 is 1. The first-order chi connectivity index (χ1) is 13.9. The van der Waals surface area contributed by atoms with Gasteiger partial charge in [-0.15, -0.1) is 0 Å². The molecule has 3 aromatic rings. The third-order valence-corrected chi connectivity index (χ3v) is 4.36. The van der Waals surface area contributed by atoms with Crippen LogP contribution in [0.1, 0.15) is 27.9 Å². The smallest absolute Gasteiger partial charge is 0.339 e. The monoisotopic (exact) mass is 398 g/mol. The largest absolute Gasteiger partial charge is 0.505 e. The lowest BCUT2D eigenvalue weighted by Gasteiger charge is -2.13.